The lowest BCUT2D eigenvalue weighted by atomic mass is 10.0. The molecule has 0 aromatic heterocycles. The maximum atomic E-state index is 5.94. The van der Waals surface area contributed by atoms with Crippen molar-refractivity contribution < 1.29 is 9.47 Å². The lowest BCUT2D eigenvalue weighted by molar-refractivity contribution is 0.0675. The summed E-state index contributed by atoms with van der Waals surface area (Å²) in [6.45, 7) is 3.61. The van der Waals surface area contributed by atoms with Gasteiger partial charge in [-0.05, 0) is 43.0 Å². The van der Waals surface area contributed by atoms with Crippen LogP contribution in [-0.4, -0.2) is 25.9 Å². The Balaban J connectivity index is 1.69. The summed E-state index contributed by atoms with van der Waals surface area (Å²) in [6.07, 6.45) is 3.67. The second-order valence-corrected chi connectivity index (χ2v) is 4.77. The molecule has 0 saturated carbocycles. The number of nitrogens with one attached hydrogen (secondary N) is 1. The van der Waals surface area contributed by atoms with Gasteiger partial charge in [-0.3, -0.25) is 0 Å². The standard InChI is InChI=1S/C14H19NO2/c1-3-11-9-15-7-6-13(11)14(5-1)17-10-12-4-2-8-16-12/h1,3,5,12,15H,2,4,6-10H2. The molecule has 1 aromatic carbocycles. The lowest BCUT2D eigenvalue weighted by Gasteiger charge is -2.21. The van der Waals surface area contributed by atoms with Crippen LogP contribution in [0, 0.1) is 0 Å². The van der Waals surface area contributed by atoms with Crippen LogP contribution >= 0.6 is 0 Å². The summed E-state index contributed by atoms with van der Waals surface area (Å²) in [7, 11) is 0. The second-order valence-electron chi connectivity index (χ2n) is 4.77. The molecule has 1 aromatic rings. The van der Waals surface area contributed by atoms with Gasteiger partial charge in [-0.2, -0.15) is 0 Å². The third kappa shape index (κ3) is 2.45. The van der Waals surface area contributed by atoms with Crippen molar-refractivity contribution in [1.82, 2.24) is 5.32 Å². The molecule has 92 valence electrons. The van der Waals surface area contributed by atoms with Crippen LogP contribution < -0.4 is 10.1 Å². The normalized spacial score (nSPS) is 23.4. The molecule has 1 atom stereocenters. The first-order chi connectivity index (χ1) is 8.43. The Morgan fingerprint density at radius 3 is 3.29 bits per heavy atom. The molecule has 2 aliphatic rings. The minimum Gasteiger partial charge on any atom is -0.491 e. The van der Waals surface area contributed by atoms with Gasteiger partial charge in [0.1, 0.15) is 12.4 Å². The predicted octanol–water partition coefficient (Wildman–Crippen LogP) is 1.89. The van der Waals surface area contributed by atoms with Crippen LogP contribution in [0.1, 0.15) is 24.0 Å². The van der Waals surface area contributed by atoms with Gasteiger partial charge in [0.25, 0.3) is 0 Å². The van der Waals surface area contributed by atoms with Gasteiger partial charge in [0.2, 0.25) is 0 Å². The third-order valence-electron chi connectivity index (χ3n) is 3.55. The van der Waals surface area contributed by atoms with E-state index in [9.17, 15) is 0 Å². The van der Waals surface area contributed by atoms with Crippen molar-refractivity contribution in [2.75, 3.05) is 19.8 Å². The molecule has 0 radical (unpaired) electrons. The molecule has 1 unspecified atom stereocenters. The number of hydrogen-bond donors (Lipinski definition) is 1. The Morgan fingerprint density at radius 1 is 1.41 bits per heavy atom. The Kier molecular flexibility index (Phi) is 3.29. The van der Waals surface area contributed by atoms with E-state index >= 15 is 0 Å². The predicted molar refractivity (Wildman–Crippen MR) is 66.3 cm³/mol. The Morgan fingerprint density at radius 2 is 2.41 bits per heavy atom. The van der Waals surface area contributed by atoms with E-state index in [1.165, 1.54) is 17.5 Å². The van der Waals surface area contributed by atoms with Gasteiger partial charge in [-0.1, -0.05) is 12.1 Å². The second kappa shape index (κ2) is 5.07. The maximum absolute atomic E-state index is 5.94. The van der Waals surface area contributed by atoms with E-state index in [2.05, 4.69) is 23.5 Å². The zero-order valence-electron chi connectivity index (χ0n) is 10.1. The van der Waals surface area contributed by atoms with Crippen LogP contribution in [0.25, 0.3) is 0 Å². The first-order valence-electron chi connectivity index (χ1n) is 6.49. The highest BCUT2D eigenvalue weighted by Crippen LogP contribution is 2.26. The van der Waals surface area contributed by atoms with Crippen LogP contribution in [0.5, 0.6) is 5.75 Å². The van der Waals surface area contributed by atoms with Crippen molar-refractivity contribution >= 4 is 0 Å². The highest BCUT2D eigenvalue weighted by Gasteiger charge is 2.18. The van der Waals surface area contributed by atoms with Gasteiger partial charge >= 0.3 is 0 Å². The average molecular weight is 233 g/mol. The van der Waals surface area contributed by atoms with Gasteiger partial charge in [-0.15, -0.1) is 0 Å². The van der Waals surface area contributed by atoms with Crippen molar-refractivity contribution in [2.24, 2.45) is 0 Å². The summed E-state index contributed by atoms with van der Waals surface area (Å²) < 4.78 is 11.5. The number of benzene rings is 1. The number of rotatable bonds is 3. The first kappa shape index (κ1) is 11.1. The van der Waals surface area contributed by atoms with Crippen LogP contribution in [0.15, 0.2) is 18.2 Å². The van der Waals surface area contributed by atoms with Crippen molar-refractivity contribution in [1.29, 1.82) is 0 Å². The fraction of sp³-hybridized carbons (Fsp3) is 0.571. The molecule has 1 saturated heterocycles. The molecule has 2 heterocycles. The molecule has 2 aliphatic heterocycles. The number of ether oxygens (including phenoxy) is 2. The third-order valence-corrected chi connectivity index (χ3v) is 3.55. The highest BCUT2D eigenvalue weighted by molar-refractivity contribution is 5.41. The molecular formula is C14H19NO2. The summed E-state index contributed by atoms with van der Waals surface area (Å²) in [5, 5.41) is 3.39. The fourth-order valence-corrected chi connectivity index (χ4v) is 2.59. The topological polar surface area (TPSA) is 30.5 Å². The largest absolute Gasteiger partial charge is 0.491 e. The zero-order valence-corrected chi connectivity index (χ0v) is 10.1. The quantitative estimate of drug-likeness (QED) is 0.865. The minimum absolute atomic E-state index is 0.299. The summed E-state index contributed by atoms with van der Waals surface area (Å²) >= 11 is 0. The number of hydrogen-bond acceptors (Lipinski definition) is 3. The van der Waals surface area contributed by atoms with Crippen LogP contribution in [0.3, 0.4) is 0 Å². The van der Waals surface area contributed by atoms with Gasteiger partial charge in [-0.25, -0.2) is 0 Å². The smallest absolute Gasteiger partial charge is 0.122 e. The van der Waals surface area contributed by atoms with E-state index < -0.39 is 0 Å². The summed E-state index contributed by atoms with van der Waals surface area (Å²) in [5.41, 5.74) is 2.75. The zero-order chi connectivity index (χ0) is 11.5. The molecule has 0 amide bonds. The van der Waals surface area contributed by atoms with Crippen molar-refractivity contribution in [3.05, 3.63) is 29.3 Å². The number of fused-ring (bicyclic) bond motifs is 1. The molecule has 1 N–H and O–H groups in total. The monoisotopic (exact) mass is 233 g/mol. The van der Waals surface area contributed by atoms with E-state index in [4.69, 9.17) is 9.47 Å². The lowest BCUT2D eigenvalue weighted by Crippen LogP contribution is -2.25. The molecule has 1 fully saturated rings. The Labute approximate surface area is 102 Å². The molecule has 3 heteroatoms. The van der Waals surface area contributed by atoms with Gasteiger partial charge in [0, 0.05) is 13.2 Å². The van der Waals surface area contributed by atoms with E-state index in [0.717, 1.165) is 38.3 Å². The first-order valence-corrected chi connectivity index (χ1v) is 6.49. The molecule has 3 rings (SSSR count). The summed E-state index contributed by atoms with van der Waals surface area (Å²) in [5.74, 6) is 1.06. The van der Waals surface area contributed by atoms with Crippen LogP contribution in [0.2, 0.25) is 0 Å². The van der Waals surface area contributed by atoms with Crippen molar-refractivity contribution in [3.63, 3.8) is 0 Å². The molecule has 0 bridgehead atoms. The molecule has 0 aliphatic carbocycles. The minimum atomic E-state index is 0.299. The van der Waals surface area contributed by atoms with Gasteiger partial charge < -0.3 is 14.8 Å². The molecular weight excluding hydrogens is 214 g/mol. The van der Waals surface area contributed by atoms with Crippen molar-refractivity contribution in [3.8, 4) is 5.75 Å². The Hall–Kier alpha value is -1.06. The van der Waals surface area contributed by atoms with Crippen molar-refractivity contribution in [2.45, 2.75) is 31.9 Å². The average Bonchev–Trinajstić information content (AvgIpc) is 2.89. The van der Waals surface area contributed by atoms with Crippen LogP contribution in [-0.2, 0) is 17.7 Å². The SMILES string of the molecule is c1cc2c(c(OCC3CCCO3)c1)CCNC2. The van der Waals surface area contributed by atoms with Gasteiger partial charge in [0.15, 0.2) is 0 Å². The van der Waals surface area contributed by atoms with E-state index in [-0.39, 0.29) is 0 Å². The summed E-state index contributed by atoms with van der Waals surface area (Å²) in [6, 6.07) is 6.34. The Bertz CT molecular complexity index is 386. The van der Waals surface area contributed by atoms with E-state index in [1.807, 2.05) is 0 Å². The van der Waals surface area contributed by atoms with Gasteiger partial charge in [0.05, 0.1) is 6.10 Å². The maximum Gasteiger partial charge on any atom is 0.122 e. The highest BCUT2D eigenvalue weighted by atomic mass is 16.5. The molecule has 17 heavy (non-hydrogen) atoms. The van der Waals surface area contributed by atoms with Crippen LogP contribution in [0.4, 0.5) is 0 Å². The van der Waals surface area contributed by atoms with E-state index in [1.54, 1.807) is 0 Å². The molecule has 3 nitrogen and oxygen atoms in total. The molecule has 0 spiro atoms. The van der Waals surface area contributed by atoms with E-state index in [0.29, 0.717) is 12.7 Å². The summed E-state index contributed by atoms with van der Waals surface area (Å²) in [4.78, 5) is 0. The fourth-order valence-electron chi connectivity index (χ4n) is 2.59.